The second kappa shape index (κ2) is 6.87. The van der Waals surface area contributed by atoms with Crippen LogP contribution < -0.4 is 4.74 Å². The Morgan fingerprint density at radius 2 is 1.85 bits per heavy atom. The predicted molar refractivity (Wildman–Crippen MR) is 77.1 cm³/mol. The molecule has 0 radical (unpaired) electrons. The number of hydrogen-bond donors (Lipinski definition) is 0. The first kappa shape index (κ1) is 14.3. The molecule has 0 amide bonds. The first-order chi connectivity index (χ1) is 9.65. The smallest absolute Gasteiger partial charge is 0.245 e. The summed E-state index contributed by atoms with van der Waals surface area (Å²) < 4.78 is 18.9. The van der Waals surface area contributed by atoms with Crippen LogP contribution in [0, 0.1) is 5.82 Å². The zero-order chi connectivity index (χ0) is 14.4. The molecule has 0 aromatic heterocycles. The van der Waals surface area contributed by atoms with E-state index in [2.05, 4.69) is 0 Å². The molecule has 102 valence electrons. The van der Waals surface area contributed by atoms with E-state index in [1.54, 1.807) is 48.5 Å². The van der Waals surface area contributed by atoms with Crippen molar-refractivity contribution in [2.45, 2.75) is 6.61 Å². The van der Waals surface area contributed by atoms with Crippen LogP contribution in [0.15, 0.2) is 54.6 Å². The average Bonchev–Trinajstić information content (AvgIpc) is 2.45. The van der Waals surface area contributed by atoms with Crippen molar-refractivity contribution in [2.24, 2.45) is 0 Å². The van der Waals surface area contributed by atoms with Gasteiger partial charge in [0.05, 0.1) is 0 Å². The third kappa shape index (κ3) is 4.21. The molecule has 0 fully saturated rings. The van der Waals surface area contributed by atoms with Crippen molar-refractivity contribution < 1.29 is 13.9 Å². The van der Waals surface area contributed by atoms with Crippen LogP contribution in [0.3, 0.4) is 0 Å². The molecule has 2 aromatic rings. The summed E-state index contributed by atoms with van der Waals surface area (Å²) in [6.07, 6.45) is 2.88. The zero-order valence-corrected chi connectivity index (χ0v) is 11.3. The van der Waals surface area contributed by atoms with E-state index in [1.165, 1.54) is 12.1 Å². The Morgan fingerprint density at radius 3 is 2.50 bits per heavy atom. The van der Waals surface area contributed by atoms with Crippen molar-refractivity contribution in [3.63, 3.8) is 0 Å². The van der Waals surface area contributed by atoms with Crippen LogP contribution in [0.25, 0.3) is 6.08 Å². The fourth-order valence-corrected chi connectivity index (χ4v) is 1.68. The summed E-state index contributed by atoms with van der Waals surface area (Å²) in [5, 5.41) is -0.523. The fraction of sp³-hybridized carbons (Fsp3) is 0.0625. The lowest BCUT2D eigenvalue weighted by molar-refractivity contribution is -0.107. The molecule has 0 bridgehead atoms. The van der Waals surface area contributed by atoms with Gasteiger partial charge in [-0.1, -0.05) is 36.4 Å². The van der Waals surface area contributed by atoms with E-state index in [-0.39, 0.29) is 12.4 Å². The summed E-state index contributed by atoms with van der Waals surface area (Å²) in [5.41, 5.74) is 1.33. The maximum absolute atomic E-state index is 13.4. The summed E-state index contributed by atoms with van der Waals surface area (Å²) >= 11 is 5.21. The molecule has 0 heterocycles. The van der Waals surface area contributed by atoms with Gasteiger partial charge in [0.2, 0.25) is 5.24 Å². The van der Waals surface area contributed by atoms with Gasteiger partial charge in [-0.05, 0) is 41.4 Å². The quantitative estimate of drug-likeness (QED) is 0.610. The maximum Gasteiger partial charge on any atom is 0.245 e. The minimum Gasteiger partial charge on any atom is -0.489 e. The van der Waals surface area contributed by atoms with Gasteiger partial charge in [-0.2, -0.15) is 0 Å². The molecule has 4 heteroatoms. The Labute approximate surface area is 121 Å². The number of hydrogen-bond acceptors (Lipinski definition) is 2. The largest absolute Gasteiger partial charge is 0.489 e. The molecule has 2 nitrogen and oxygen atoms in total. The van der Waals surface area contributed by atoms with Gasteiger partial charge in [0, 0.05) is 5.56 Å². The molecule has 0 atom stereocenters. The number of rotatable bonds is 5. The number of halogens is 2. The first-order valence-corrected chi connectivity index (χ1v) is 6.37. The molecular formula is C16H12ClFO2. The first-order valence-electron chi connectivity index (χ1n) is 5.99. The van der Waals surface area contributed by atoms with E-state index in [1.807, 2.05) is 0 Å². The van der Waals surface area contributed by atoms with Gasteiger partial charge in [0.25, 0.3) is 0 Å². The fourth-order valence-electron chi connectivity index (χ4n) is 1.61. The van der Waals surface area contributed by atoms with Crippen LogP contribution in [0.2, 0.25) is 0 Å². The highest BCUT2D eigenvalue weighted by Crippen LogP contribution is 2.16. The monoisotopic (exact) mass is 290 g/mol. The lowest BCUT2D eigenvalue weighted by Gasteiger charge is -2.07. The van der Waals surface area contributed by atoms with Crippen LogP contribution in [0.5, 0.6) is 5.75 Å². The molecule has 0 aliphatic heterocycles. The number of allylic oxidation sites excluding steroid dienone is 1. The van der Waals surface area contributed by atoms with E-state index in [9.17, 15) is 9.18 Å². The molecule has 0 saturated carbocycles. The molecule has 0 saturated heterocycles. The average molecular weight is 291 g/mol. The van der Waals surface area contributed by atoms with Gasteiger partial charge >= 0.3 is 0 Å². The maximum atomic E-state index is 13.4. The van der Waals surface area contributed by atoms with Crippen LogP contribution in [-0.2, 0) is 11.4 Å². The normalized spacial score (nSPS) is 10.7. The topological polar surface area (TPSA) is 26.3 Å². The molecule has 0 aliphatic rings. The van der Waals surface area contributed by atoms with Crippen molar-refractivity contribution in [3.05, 3.63) is 71.6 Å². The van der Waals surface area contributed by atoms with Gasteiger partial charge < -0.3 is 4.74 Å². The number of ether oxygens (including phenoxy) is 1. The van der Waals surface area contributed by atoms with Gasteiger partial charge in [-0.25, -0.2) is 4.39 Å². The zero-order valence-electron chi connectivity index (χ0n) is 10.6. The third-order valence-corrected chi connectivity index (χ3v) is 2.77. The summed E-state index contributed by atoms with van der Waals surface area (Å²) in [5.74, 6) is 0.343. The molecule has 2 aromatic carbocycles. The Kier molecular flexibility index (Phi) is 4.91. The molecule has 0 N–H and O–H groups in total. The molecule has 2 rings (SSSR count). The number of carbonyl (C=O) groups is 1. The highest BCUT2D eigenvalue weighted by atomic mass is 35.5. The highest BCUT2D eigenvalue weighted by Gasteiger charge is 2.01. The second-order valence-corrected chi connectivity index (χ2v) is 4.46. The molecule has 20 heavy (non-hydrogen) atoms. The number of benzene rings is 2. The van der Waals surface area contributed by atoms with E-state index in [0.717, 1.165) is 5.56 Å². The van der Waals surface area contributed by atoms with E-state index >= 15 is 0 Å². The van der Waals surface area contributed by atoms with Crippen LogP contribution in [0.1, 0.15) is 11.1 Å². The summed E-state index contributed by atoms with van der Waals surface area (Å²) in [4.78, 5) is 10.6. The van der Waals surface area contributed by atoms with Crippen molar-refractivity contribution in [1.82, 2.24) is 0 Å². The molecule has 0 aliphatic carbocycles. The lowest BCUT2D eigenvalue weighted by Crippen LogP contribution is -1.97. The summed E-state index contributed by atoms with van der Waals surface area (Å²) in [6, 6.07) is 13.5. The SMILES string of the molecule is O=C(Cl)/C=C/c1ccc(OCc2ccccc2F)cc1. The van der Waals surface area contributed by atoms with Gasteiger partial charge in [-0.3, -0.25) is 4.79 Å². The number of carbonyl (C=O) groups excluding carboxylic acids is 1. The van der Waals surface area contributed by atoms with Crippen LogP contribution in [0.4, 0.5) is 4.39 Å². The van der Waals surface area contributed by atoms with E-state index in [4.69, 9.17) is 16.3 Å². The Bertz CT molecular complexity index is 621. The Hall–Kier alpha value is -2.13. The molecule has 0 unspecified atom stereocenters. The van der Waals surface area contributed by atoms with Gasteiger partial charge in [0.1, 0.15) is 18.2 Å². The Morgan fingerprint density at radius 1 is 1.15 bits per heavy atom. The molecule has 0 spiro atoms. The van der Waals surface area contributed by atoms with Crippen molar-refractivity contribution >= 4 is 22.9 Å². The van der Waals surface area contributed by atoms with Crippen LogP contribution in [-0.4, -0.2) is 5.24 Å². The standard InChI is InChI=1S/C16H12ClFO2/c17-16(19)10-7-12-5-8-14(9-6-12)20-11-13-3-1-2-4-15(13)18/h1-10H,11H2/b10-7+. The summed E-state index contributed by atoms with van der Waals surface area (Å²) in [7, 11) is 0. The second-order valence-electron chi connectivity index (χ2n) is 4.09. The molecular weight excluding hydrogens is 279 g/mol. The van der Waals surface area contributed by atoms with Gasteiger partial charge in [-0.15, -0.1) is 0 Å². The van der Waals surface area contributed by atoms with Crippen molar-refractivity contribution in [2.75, 3.05) is 0 Å². The van der Waals surface area contributed by atoms with Crippen LogP contribution >= 0.6 is 11.6 Å². The van der Waals surface area contributed by atoms with Crippen molar-refractivity contribution in [1.29, 1.82) is 0 Å². The predicted octanol–water partition coefficient (Wildman–Crippen LogP) is 4.18. The highest BCUT2D eigenvalue weighted by molar-refractivity contribution is 6.66. The van der Waals surface area contributed by atoms with Crippen molar-refractivity contribution in [3.8, 4) is 5.75 Å². The lowest BCUT2D eigenvalue weighted by atomic mass is 10.2. The van der Waals surface area contributed by atoms with Gasteiger partial charge in [0.15, 0.2) is 0 Å². The Balaban J connectivity index is 1.97. The minimum absolute atomic E-state index is 0.169. The minimum atomic E-state index is -0.523. The third-order valence-electron chi connectivity index (χ3n) is 2.64. The summed E-state index contributed by atoms with van der Waals surface area (Å²) in [6.45, 7) is 0.169. The van der Waals surface area contributed by atoms with E-state index in [0.29, 0.717) is 11.3 Å². The van der Waals surface area contributed by atoms with E-state index < -0.39 is 5.24 Å².